The minimum Gasteiger partial charge on any atom is -0.328 e. The predicted molar refractivity (Wildman–Crippen MR) is 91.3 cm³/mol. The van der Waals surface area contributed by atoms with E-state index in [-0.39, 0.29) is 12.1 Å². The molecule has 1 aromatic heterocycles. The number of hydrogen-bond donors (Lipinski definition) is 1. The van der Waals surface area contributed by atoms with Gasteiger partial charge in [-0.05, 0) is 17.2 Å². The summed E-state index contributed by atoms with van der Waals surface area (Å²) < 4.78 is 0. The van der Waals surface area contributed by atoms with Gasteiger partial charge in [0.15, 0.2) is 5.82 Å². The van der Waals surface area contributed by atoms with Crippen LogP contribution in [0, 0.1) is 0 Å². The molecule has 2 heterocycles. The number of amides is 1. The van der Waals surface area contributed by atoms with E-state index in [4.69, 9.17) is 0 Å². The summed E-state index contributed by atoms with van der Waals surface area (Å²) in [6.07, 6.45) is 1.27. The first-order valence-corrected chi connectivity index (χ1v) is 7.81. The van der Waals surface area contributed by atoms with Gasteiger partial charge in [0.1, 0.15) is 6.17 Å². The van der Waals surface area contributed by atoms with Gasteiger partial charge in [-0.25, -0.2) is 0 Å². The number of benzene rings is 2. The summed E-state index contributed by atoms with van der Waals surface area (Å²) in [5, 5.41) is 11.3. The van der Waals surface area contributed by atoms with Crippen molar-refractivity contribution in [3.8, 4) is 0 Å². The van der Waals surface area contributed by atoms with E-state index in [1.165, 1.54) is 0 Å². The summed E-state index contributed by atoms with van der Waals surface area (Å²) in [5.74, 6) is 0.483. The van der Waals surface area contributed by atoms with E-state index in [0.717, 1.165) is 11.1 Å². The molecule has 2 aromatic carbocycles. The predicted octanol–water partition coefficient (Wildman–Crippen LogP) is 2.93. The molecule has 1 atom stereocenters. The van der Waals surface area contributed by atoms with Crippen molar-refractivity contribution in [1.82, 2.24) is 15.5 Å². The van der Waals surface area contributed by atoms with Gasteiger partial charge in [-0.2, -0.15) is 5.10 Å². The van der Waals surface area contributed by atoms with Gasteiger partial charge < -0.3 is 10.2 Å². The fraction of sp³-hybridized carbons (Fsp3) is 0.105. The molecular formula is C19H16N4O. The number of aromatic nitrogens is 2. The molecule has 0 radical (unpaired) electrons. The van der Waals surface area contributed by atoms with Crippen LogP contribution in [0.5, 0.6) is 0 Å². The first-order valence-electron chi connectivity index (χ1n) is 7.81. The van der Waals surface area contributed by atoms with Crippen LogP contribution in [-0.4, -0.2) is 16.1 Å². The quantitative estimate of drug-likeness (QED) is 0.807. The Morgan fingerprint density at radius 1 is 0.958 bits per heavy atom. The van der Waals surface area contributed by atoms with Crippen molar-refractivity contribution in [1.29, 1.82) is 0 Å². The Balaban J connectivity index is 1.79. The van der Waals surface area contributed by atoms with Crippen molar-refractivity contribution in [2.75, 3.05) is 4.90 Å². The fourth-order valence-corrected chi connectivity index (χ4v) is 2.96. The van der Waals surface area contributed by atoms with E-state index in [1.807, 2.05) is 48.5 Å². The molecule has 0 spiro atoms. The molecular weight excluding hydrogens is 300 g/mol. The lowest BCUT2D eigenvalue weighted by molar-refractivity contribution is 0.0924. The summed E-state index contributed by atoms with van der Waals surface area (Å²) in [4.78, 5) is 14.5. The number of nitrogens with one attached hydrogen (secondary N) is 1. The van der Waals surface area contributed by atoms with Crippen molar-refractivity contribution in [2.24, 2.45) is 0 Å². The third kappa shape index (κ3) is 2.60. The third-order valence-electron chi connectivity index (χ3n) is 4.11. The van der Waals surface area contributed by atoms with Crippen LogP contribution in [0.2, 0.25) is 0 Å². The topological polar surface area (TPSA) is 58.1 Å². The lowest BCUT2D eigenvalue weighted by Gasteiger charge is -2.37. The van der Waals surface area contributed by atoms with Crippen LogP contribution in [-0.2, 0) is 6.54 Å². The molecule has 0 bridgehead atoms. The van der Waals surface area contributed by atoms with Crippen LogP contribution in [0.1, 0.15) is 27.7 Å². The van der Waals surface area contributed by atoms with Crippen molar-refractivity contribution < 1.29 is 4.79 Å². The SMILES string of the molecule is O=C1NC(c2ccccc2)N(Cc2ccccc2)c2nnccc21. The number of rotatable bonds is 3. The molecule has 4 rings (SSSR count). The van der Waals surface area contributed by atoms with Gasteiger partial charge in [0, 0.05) is 6.54 Å². The van der Waals surface area contributed by atoms with Crippen molar-refractivity contribution >= 4 is 11.7 Å². The third-order valence-corrected chi connectivity index (χ3v) is 4.11. The highest BCUT2D eigenvalue weighted by Crippen LogP contribution is 2.32. The van der Waals surface area contributed by atoms with E-state index >= 15 is 0 Å². The largest absolute Gasteiger partial charge is 0.328 e. The fourth-order valence-electron chi connectivity index (χ4n) is 2.96. The van der Waals surface area contributed by atoms with Crippen LogP contribution >= 0.6 is 0 Å². The molecule has 1 amide bonds. The second-order valence-electron chi connectivity index (χ2n) is 5.67. The van der Waals surface area contributed by atoms with E-state index < -0.39 is 0 Å². The van der Waals surface area contributed by atoms with Crippen molar-refractivity contribution in [2.45, 2.75) is 12.7 Å². The normalized spacial score (nSPS) is 16.4. The lowest BCUT2D eigenvalue weighted by Crippen LogP contribution is -2.46. The van der Waals surface area contributed by atoms with Gasteiger partial charge >= 0.3 is 0 Å². The standard InChI is InChI=1S/C19H16N4O/c24-19-16-11-12-20-22-18(16)23(13-14-7-3-1-4-8-14)17(21-19)15-9-5-2-6-10-15/h1-12,17H,13H2,(H,21,24). The summed E-state index contributed by atoms with van der Waals surface area (Å²) in [7, 11) is 0. The maximum Gasteiger partial charge on any atom is 0.257 e. The molecule has 0 saturated carbocycles. The van der Waals surface area contributed by atoms with Crippen LogP contribution in [0.3, 0.4) is 0 Å². The molecule has 1 N–H and O–H groups in total. The maximum absolute atomic E-state index is 12.5. The molecule has 0 fully saturated rings. The molecule has 5 heteroatoms. The summed E-state index contributed by atoms with van der Waals surface area (Å²) >= 11 is 0. The molecule has 1 aliphatic rings. The Morgan fingerprint density at radius 2 is 1.67 bits per heavy atom. The van der Waals surface area contributed by atoms with Crippen molar-refractivity contribution in [3.05, 3.63) is 89.6 Å². The average molecular weight is 316 g/mol. The zero-order valence-corrected chi connectivity index (χ0v) is 13.0. The second-order valence-corrected chi connectivity index (χ2v) is 5.67. The average Bonchev–Trinajstić information content (AvgIpc) is 2.65. The second kappa shape index (κ2) is 6.12. The monoisotopic (exact) mass is 316 g/mol. The Kier molecular flexibility index (Phi) is 3.67. The highest BCUT2D eigenvalue weighted by atomic mass is 16.2. The lowest BCUT2D eigenvalue weighted by atomic mass is 10.1. The Labute approximate surface area is 140 Å². The highest BCUT2D eigenvalue weighted by molar-refractivity contribution is 6.00. The maximum atomic E-state index is 12.5. The van der Waals surface area contributed by atoms with Crippen LogP contribution < -0.4 is 10.2 Å². The molecule has 118 valence electrons. The molecule has 0 saturated heterocycles. The number of nitrogens with zero attached hydrogens (tertiary/aromatic N) is 3. The number of anilines is 1. The zero-order chi connectivity index (χ0) is 16.4. The summed E-state index contributed by atoms with van der Waals surface area (Å²) in [6, 6.07) is 21.7. The van der Waals surface area contributed by atoms with Gasteiger partial charge in [0.25, 0.3) is 5.91 Å². The molecule has 0 aliphatic carbocycles. The molecule has 5 nitrogen and oxygen atoms in total. The van der Waals surface area contributed by atoms with Gasteiger partial charge in [0.05, 0.1) is 11.8 Å². The highest BCUT2D eigenvalue weighted by Gasteiger charge is 2.33. The molecule has 24 heavy (non-hydrogen) atoms. The Morgan fingerprint density at radius 3 is 2.42 bits per heavy atom. The van der Waals surface area contributed by atoms with E-state index in [1.54, 1.807) is 12.3 Å². The van der Waals surface area contributed by atoms with E-state index in [9.17, 15) is 4.79 Å². The van der Waals surface area contributed by atoms with Gasteiger partial charge in [-0.1, -0.05) is 60.7 Å². The smallest absolute Gasteiger partial charge is 0.257 e. The van der Waals surface area contributed by atoms with Gasteiger partial charge in [-0.15, -0.1) is 5.10 Å². The number of carbonyl (C=O) groups excluding carboxylic acids is 1. The molecule has 1 unspecified atom stereocenters. The first kappa shape index (κ1) is 14.4. The number of hydrogen-bond acceptors (Lipinski definition) is 4. The number of carbonyl (C=O) groups is 1. The van der Waals surface area contributed by atoms with Gasteiger partial charge in [0.2, 0.25) is 0 Å². The van der Waals surface area contributed by atoms with Crippen molar-refractivity contribution in [3.63, 3.8) is 0 Å². The van der Waals surface area contributed by atoms with E-state index in [2.05, 4.69) is 32.5 Å². The minimum atomic E-state index is -0.275. The Bertz CT molecular complexity index is 852. The molecule has 1 aliphatic heterocycles. The molecule has 3 aromatic rings. The Hall–Kier alpha value is -3.21. The number of fused-ring (bicyclic) bond motifs is 1. The first-order chi connectivity index (χ1) is 11.8. The van der Waals surface area contributed by atoms with Gasteiger partial charge in [-0.3, -0.25) is 4.79 Å². The zero-order valence-electron chi connectivity index (χ0n) is 13.0. The summed E-state index contributed by atoms with van der Waals surface area (Å²) in [6.45, 7) is 0.631. The van der Waals surface area contributed by atoms with E-state index in [0.29, 0.717) is 17.9 Å². The minimum absolute atomic E-state index is 0.127. The summed E-state index contributed by atoms with van der Waals surface area (Å²) in [5.41, 5.74) is 2.71. The van der Waals surface area contributed by atoms with Crippen LogP contribution in [0.15, 0.2) is 72.9 Å². The van der Waals surface area contributed by atoms with Crippen LogP contribution in [0.4, 0.5) is 5.82 Å². The van der Waals surface area contributed by atoms with Crippen LogP contribution in [0.25, 0.3) is 0 Å².